The number of hydrogen-bond acceptors (Lipinski definition) is 4. The van der Waals surface area contributed by atoms with Crippen molar-refractivity contribution in [3.63, 3.8) is 0 Å². The molecule has 0 radical (unpaired) electrons. The fourth-order valence-electron chi connectivity index (χ4n) is 2.49. The third-order valence-electron chi connectivity index (χ3n) is 3.82. The van der Waals surface area contributed by atoms with Crippen LogP contribution in [0.3, 0.4) is 0 Å². The second-order valence-electron chi connectivity index (χ2n) is 5.38. The van der Waals surface area contributed by atoms with Gasteiger partial charge in [0, 0.05) is 38.8 Å². The van der Waals surface area contributed by atoms with E-state index >= 15 is 0 Å². The average molecular weight is 263 g/mol. The van der Waals surface area contributed by atoms with Crippen molar-refractivity contribution in [2.45, 2.75) is 12.6 Å². The molecule has 1 aliphatic rings. The minimum Gasteiger partial charge on any atom is -0.497 e. The lowest BCUT2D eigenvalue weighted by Crippen LogP contribution is -2.53. The Bertz CT molecular complexity index is 397. The summed E-state index contributed by atoms with van der Waals surface area (Å²) < 4.78 is 5.24. The summed E-state index contributed by atoms with van der Waals surface area (Å²) in [6.07, 6.45) is 0. The van der Waals surface area contributed by atoms with Gasteiger partial charge in [0.05, 0.1) is 7.11 Å². The first-order chi connectivity index (χ1) is 9.19. The number of nitrogens with zero attached hydrogens (tertiary/aromatic N) is 2. The molecule has 0 aromatic heterocycles. The maximum Gasteiger partial charge on any atom is 0.119 e. The molecular weight excluding hydrogens is 238 g/mol. The Balaban J connectivity index is 1.79. The largest absolute Gasteiger partial charge is 0.497 e. The highest BCUT2D eigenvalue weighted by Crippen LogP contribution is 2.12. The first-order valence-corrected chi connectivity index (χ1v) is 6.91. The Morgan fingerprint density at radius 3 is 2.95 bits per heavy atom. The van der Waals surface area contributed by atoms with E-state index in [1.54, 1.807) is 7.11 Å². The highest BCUT2D eigenvalue weighted by Gasteiger charge is 2.21. The SMILES string of the molecule is COc1cccc(CNCC2CN(C)CCN2C)c1. The van der Waals surface area contributed by atoms with Crippen molar-refractivity contribution in [1.82, 2.24) is 15.1 Å². The van der Waals surface area contributed by atoms with E-state index in [4.69, 9.17) is 4.74 Å². The van der Waals surface area contributed by atoms with Gasteiger partial charge in [-0.25, -0.2) is 0 Å². The molecule has 0 aliphatic carbocycles. The number of hydrogen-bond donors (Lipinski definition) is 1. The molecule has 1 unspecified atom stereocenters. The van der Waals surface area contributed by atoms with Crippen LogP contribution in [-0.2, 0) is 6.54 Å². The van der Waals surface area contributed by atoms with E-state index in [1.165, 1.54) is 12.1 Å². The van der Waals surface area contributed by atoms with E-state index in [9.17, 15) is 0 Å². The molecule has 0 amide bonds. The average Bonchev–Trinajstić information content (AvgIpc) is 2.43. The monoisotopic (exact) mass is 263 g/mol. The van der Waals surface area contributed by atoms with Gasteiger partial charge in [-0.3, -0.25) is 4.90 Å². The van der Waals surface area contributed by atoms with Gasteiger partial charge in [-0.2, -0.15) is 0 Å². The summed E-state index contributed by atoms with van der Waals surface area (Å²) in [6, 6.07) is 8.84. The molecule has 1 aromatic rings. The van der Waals surface area contributed by atoms with Gasteiger partial charge in [-0.1, -0.05) is 12.1 Å². The van der Waals surface area contributed by atoms with Crippen molar-refractivity contribution in [3.05, 3.63) is 29.8 Å². The summed E-state index contributed by atoms with van der Waals surface area (Å²) in [5, 5.41) is 3.55. The Morgan fingerprint density at radius 2 is 2.16 bits per heavy atom. The molecule has 1 aromatic carbocycles. The third-order valence-corrected chi connectivity index (χ3v) is 3.82. The van der Waals surface area contributed by atoms with Gasteiger partial charge in [-0.15, -0.1) is 0 Å². The Morgan fingerprint density at radius 1 is 1.32 bits per heavy atom. The molecule has 4 heteroatoms. The van der Waals surface area contributed by atoms with E-state index in [-0.39, 0.29) is 0 Å². The summed E-state index contributed by atoms with van der Waals surface area (Å²) in [5.74, 6) is 0.925. The van der Waals surface area contributed by atoms with Crippen LogP contribution in [0.25, 0.3) is 0 Å². The molecule has 4 nitrogen and oxygen atoms in total. The van der Waals surface area contributed by atoms with E-state index in [0.717, 1.165) is 31.9 Å². The van der Waals surface area contributed by atoms with Crippen LogP contribution in [-0.4, -0.2) is 63.2 Å². The van der Waals surface area contributed by atoms with Crippen LogP contribution in [0, 0.1) is 0 Å². The topological polar surface area (TPSA) is 27.7 Å². The number of rotatable bonds is 5. The smallest absolute Gasteiger partial charge is 0.119 e. The van der Waals surface area contributed by atoms with E-state index in [2.05, 4.69) is 41.3 Å². The first-order valence-electron chi connectivity index (χ1n) is 6.91. The molecule has 106 valence electrons. The van der Waals surface area contributed by atoms with Crippen molar-refractivity contribution in [2.24, 2.45) is 0 Å². The number of likely N-dealkylation sites (N-methyl/N-ethyl adjacent to an activating group) is 2. The summed E-state index contributed by atoms with van der Waals surface area (Å²) in [6.45, 7) is 5.38. The molecule has 1 atom stereocenters. The Hall–Kier alpha value is -1.10. The highest BCUT2D eigenvalue weighted by molar-refractivity contribution is 5.28. The third kappa shape index (κ3) is 4.20. The Labute approximate surface area is 116 Å². The van der Waals surface area contributed by atoms with Gasteiger partial charge < -0.3 is 15.0 Å². The molecule has 0 saturated carbocycles. The highest BCUT2D eigenvalue weighted by atomic mass is 16.5. The van der Waals surface area contributed by atoms with Gasteiger partial charge in [-0.05, 0) is 31.8 Å². The summed E-state index contributed by atoms with van der Waals surface area (Å²) in [7, 11) is 6.12. The predicted molar refractivity (Wildman–Crippen MR) is 78.6 cm³/mol. The molecule has 19 heavy (non-hydrogen) atoms. The molecule has 1 heterocycles. The zero-order valence-corrected chi connectivity index (χ0v) is 12.2. The lowest BCUT2D eigenvalue weighted by Gasteiger charge is -2.37. The van der Waals surface area contributed by atoms with Crippen LogP contribution in [0.15, 0.2) is 24.3 Å². The van der Waals surface area contributed by atoms with Gasteiger partial charge >= 0.3 is 0 Å². The number of nitrogens with one attached hydrogen (secondary N) is 1. The van der Waals surface area contributed by atoms with Crippen LogP contribution >= 0.6 is 0 Å². The number of ether oxygens (including phenoxy) is 1. The van der Waals surface area contributed by atoms with E-state index < -0.39 is 0 Å². The quantitative estimate of drug-likeness (QED) is 0.859. The van der Waals surface area contributed by atoms with E-state index in [0.29, 0.717) is 6.04 Å². The van der Waals surface area contributed by atoms with Crippen LogP contribution in [0.5, 0.6) is 5.75 Å². The molecule has 2 rings (SSSR count). The lowest BCUT2D eigenvalue weighted by molar-refractivity contribution is 0.113. The normalized spacial score (nSPS) is 21.5. The zero-order valence-electron chi connectivity index (χ0n) is 12.2. The van der Waals surface area contributed by atoms with Crippen molar-refractivity contribution in [1.29, 1.82) is 0 Å². The van der Waals surface area contributed by atoms with Crippen LogP contribution in [0.1, 0.15) is 5.56 Å². The Kier molecular flexibility index (Phi) is 5.19. The fourth-order valence-corrected chi connectivity index (χ4v) is 2.49. The van der Waals surface area contributed by atoms with Crippen LogP contribution in [0.4, 0.5) is 0 Å². The van der Waals surface area contributed by atoms with Crippen LogP contribution < -0.4 is 10.1 Å². The summed E-state index contributed by atoms with van der Waals surface area (Å²) in [4.78, 5) is 4.84. The van der Waals surface area contributed by atoms with Crippen molar-refractivity contribution in [2.75, 3.05) is 47.4 Å². The van der Waals surface area contributed by atoms with Crippen molar-refractivity contribution >= 4 is 0 Å². The molecule has 1 fully saturated rings. The van der Waals surface area contributed by atoms with E-state index in [1.807, 2.05) is 12.1 Å². The second kappa shape index (κ2) is 6.89. The predicted octanol–water partition coefficient (Wildman–Crippen LogP) is 1.03. The minimum absolute atomic E-state index is 0.601. The number of methoxy groups -OCH3 is 1. The van der Waals surface area contributed by atoms with Gasteiger partial charge in [0.2, 0.25) is 0 Å². The minimum atomic E-state index is 0.601. The second-order valence-corrected chi connectivity index (χ2v) is 5.38. The maximum atomic E-state index is 5.24. The molecular formula is C15H25N3O. The number of piperazine rings is 1. The maximum absolute atomic E-state index is 5.24. The molecule has 1 N–H and O–H groups in total. The zero-order chi connectivity index (χ0) is 13.7. The van der Waals surface area contributed by atoms with Crippen molar-refractivity contribution < 1.29 is 4.74 Å². The standard InChI is InChI=1S/C15H25N3O/c1-17-7-8-18(2)14(12-17)11-16-10-13-5-4-6-15(9-13)19-3/h4-6,9,14,16H,7-8,10-12H2,1-3H3. The fraction of sp³-hybridized carbons (Fsp3) is 0.600. The summed E-state index contributed by atoms with van der Waals surface area (Å²) >= 11 is 0. The molecule has 0 bridgehead atoms. The molecule has 1 saturated heterocycles. The lowest BCUT2D eigenvalue weighted by atomic mass is 10.1. The molecule has 1 aliphatic heterocycles. The van der Waals surface area contributed by atoms with Crippen LogP contribution in [0.2, 0.25) is 0 Å². The van der Waals surface area contributed by atoms with Crippen molar-refractivity contribution in [3.8, 4) is 5.75 Å². The van der Waals surface area contributed by atoms with Gasteiger partial charge in [0.1, 0.15) is 5.75 Å². The van der Waals surface area contributed by atoms with Gasteiger partial charge in [0.25, 0.3) is 0 Å². The number of benzene rings is 1. The summed E-state index contributed by atoms with van der Waals surface area (Å²) in [5.41, 5.74) is 1.27. The first kappa shape index (κ1) is 14.3. The molecule has 0 spiro atoms. The van der Waals surface area contributed by atoms with Gasteiger partial charge in [0.15, 0.2) is 0 Å².